The molecule has 0 saturated carbocycles. The standard InChI is InChI=1S/C22H42N4O5/c1-9-13(7)15(23)19(27)24-16(11(3)4)20(28)25-17(12(5)6)21(29)26-18(22(30)31)14(8)10-2/h11-18H,9-10,23H2,1-8H3,(H,24,27)(H,25,28)(H,26,29)(H,30,31). The summed E-state index contributed by atoms with van der Waals surface area (Å²) in [5.74, 6) is -3.46. The van der Waals surface area contributed by atoms with Crippen LogP contribution in [0.1, 0.15) is 68.2 Å². The molecule has 0 radical (unpaired) electrons. The molecule has 0 aliphatic rings. The summed E-state index contributed by atoms with van der Waals surface area (Å²) in [6.45, 7) is 14.5. The predicted molar refractivity (Wildman–Crippen MR) is 120 cm³/mol. The molecule has 0 bridgehead atoms. The molecule has 0 rings (SSSR count). The lowest BCUT2D eigenvalue weighted by atomic mass is 9.96. The summed E-state index contributed by atoms with van der Waals surface area (Å²) in [6, 6.07) is -3.61. The number of rotatable bonds is 13. The van der Waals surface area contributed by atoms with Crippen LogP contribution in [0.3, 0.4) is 0 Å². The maximum Gasteiger partial charge on any atom is 0.326 e. The van der Waals surface area contributed by atoms with E-state index in [0.29, 0.717) is 6.42 Å². The van der Waals surface area contributed by atoms with Crippen LogP contribution in [0.25, 0.3) is 0 Å². The van der Waals surface area contributed by atoms with E-state index in [1.54, 1.807) is 34.6 Å². The van der Waals surface area contributed by atoms with Crippen molar-refractivity contribution < 1.29 is 24.3 Å². The molecule has 9 nitrogen and oxygen atoms in total. The first-order chi connectivity index (χ1) is 14.3. The minimum atomic E-state index is -1.12. The first kappa shape index (κ1) is 28.8. The first-order valence-corrected chi connectivity index (χ1v) is 11.2. The fourth-order valence-electron chi connectivity index (χ4n) is 3.00. The second kappa shape index (κ2) is 13.3. The van der Waals surface area contributed by atoms with Crippen molar-refractivity contribution in [1.29, 1.82) is 0 Å². The number of nitrogens with two attached hydrogens (primary N) is 1. The van der Waals surface area contributed by atoms with Gasteiger partial charge in [-0.15, -0.1) is 0 Å². The van der Waals surface area contributed by atoms with E-state index in [4.69, 9.17) is 5.73 Å². The summed E-state index contributed by atoms with van der Waals surface area (Å²) in [5, 5.41) is 17.4. The number of nitrogens with one attached hydrogen (secondary N) is 3. The molecule has 0 saturated heterocycles. The van der Waals surface area contributed by atoms with Gasteiger partial charge < -0.3 is 26.8 Å². The van der Waals surface area contributed by atoms with Crippen LogP contribution in [0, 0.1) is 23.7 Å². The molecule has 180 valence electrons. The quantitative estimate of drug-likeness (QED) is 0.290. The monoisotopic (exact) mass is 442 g/mol. The van der Waals surface area contributed by atoms with Crippen molar-refractivity contribution in [2.75, 3.05) is 0 Å². The van der Waals surface area contributed by atoms with Crippen molar-refractivity contribution in [2.24, 2.45) is 29.4 Å². The molecule has 0 fully saturated rings. The average Bonchev–Trinajstić information content (AvgIpc) is 2.70. The van der Waals surface area contributed by atoms with E-state index in [9.17, 15) is 24.3 Å². The Morgan fingerprint density at radius 3 is 1.35 bits per heavy atom. The normalized spacial score (nSPS) is 17.3. The Balaban J connectivity index is 5.43. The van der Waals surface area contributed by atoms with Gasteiger partial charge in [-0.05, 0) is 23.7 Å². The van der Waals surface area contributed by atoms with E-state index < -0.39 is 47.9 Å². The van der Waals surface area contributed by atoms with E-state index >= 15 is 0 Å². The van der Waals surface area contributed by atoms with Gasteiger partial charge in [-0.2, -0.15) is 0 Å². The van der Waals surface area contributed by atoms with E-state index in [-0.39, 0.29) is 23.7 Å². The van der Waals surface area contributed by atoms with Gasteiger partial charge in [0.25, 0.3) is 0 Å². The van der Waals surface area contributed by atoms with Gasteiger partial charge >= 0.3 is 5.97 Å². The molecule has 0 aromatic rings. The van der Waals surface area contributed by atoms with Crippen LogP contribution < -0.4 is 21.7 Å². The summed E-state index contributed by atoms with van der Waals surface area (Å²) in [7, 11) is 0. The number of carboxylic acids is 1. The minimum Gasteiger partial charge on any atom is -0.480 e. The van der Waals surface area contributed by atoms with Crippen LogP contribution in [0.2, 0.25) is 0 Å². The van der Waals surface area contributed by atoms with Crippen molar-refractivity contribution >= 4 is 23.7 Å². The number of amides is 3. The smallest absolute Gasteiger partial charge is 0.326 e. The Kier molecular flexibility index (Phi) is 12.4. The highest BCUT2D eigenvalue weighted by Gasteiger charge is 2.34. The number of carboxylic acid groups (broad SMARTS) is 1. The lowest BCUT2D eigenvalue weighted by Crippen LogP contribution is -2.60. The maximum absolute atomic E-state index is 12.9. The molecule has 0 aromatic carbocycles. The van der Waals surface area contributed by atoms with E-state index in [1.165, 1.54) is 0 Å². The van der Waals surface area contributed by atoms with Gasteiger partial charge in [-0.25, -0.2) is 4.79 Å². The highest BCUT2D eigenvalue weighted by Crippen LogP contribution is 2.12. The Bertz CT molecular complexity index is 623. The molecule has 31 heavy (non-hydrogen) atoms. The van der Waals surface area contributed by atoms with Crippen molar-refractivity contribution in [3.05, 3.63) is 0 Å². The molecular formula is C22H42N4O5. The summed E-state index contributed by atoms with van der Waals surface area (Å²) in [4.78, 5) is 49.8. The van der Waals surface area contributed by atoms with Gasteiger partial charge in [0, 0.05) is 0 Å². The maximum atomic E-state index is 12.9. The molecule has 6 atom stereocenters. The Hall–Kier alpha value is -2.16. The van der Waals surface area contributed by atoms with Gasteiger partial charge in [0.05, 0.1) is 6.04 Å². The molecule has 9 heteroatoms. The summed E-state index contributed by atoms with van der Waals surface area (Å²) >= 11 is 0. The minimum absolute atomic E-state index is 0.0430. The number of aliphatic carboxylic acids is 1. The third-order valence-corrected chi connectivity index (χ3v) is 5.83. The summed E-state index contributed by atoms with van der Waals surface area (Å²) in [6.07, 6.45) is 1.30. The SMILES string of the molecule is CCC(C)C(N)C(=O)NC(C(=O)NC(C(=O)NC(C(=O)O)C(C)CC)C(C)C)C(C)C. The fraction of sp³-hybridized carbons (Fsp3) is 0.818. The Morgan fingerprint density at radius 2 is 1.03 bits per heavy atom. The van der Waals surface area contributed by atoms with Gasteiger partial charge in [-0.1, -0.05) is 68.2 Å². The molecular weight excluding hydrogens is 400 g/mol. The topological polar surface area (TPSA) is 151 Å². The predicted octanol–water partition coefficient (Wildman–Crippen LogP) is 1.26. The van der Waals surface area contributed by atoms with Gasteiger partial charge in [0.15, 0.2) is 0 Å². The number of carbonyl (C=O) groups is 4. The first-order valence-electron chi connectivity index (χ1n) is 11.2. The van der Waals surface area contributed by atoms with Crippen LogP contribution >= 0.6 is 0 Å². The zero-order valence-electron chi connectivity index (χ0n) is 20.2. The molecule has 0 heterocycles. The van der Waals surface area contributed by atoms with Crippen molar-refractivity contribution in [2.45, 2.75) is 92.4 Å². The second-order valence-corrected chi connectivity index (χ2v) is 9.08. The van der Waals surface area contributed by atoms with Crippen molar-refractivity contribution in [3.8, 4) is 0 Å². The van der Waals surface area contributed by atoms with Gasteiger partial charge in [0.2, 0.25) is 17.7 Å². The lowest BCUT2D eigenvalue weighted by Gasteiger charge is -2.29. The number of hydrogen-bond acceptors (Lipinski definition) is 5. The van der Waals surface area contributed by atoms with Gasteiger partial charge in [0.1, 0.15) is 18.1 Å². The Morgan fingerprint density at radius 1 is 0.677 bits per heavy atom. The Labute approximate surface area is 186 Å². The second-order valence-electron chi connectivity index (χ2n) is 9.08. The van der Waals surface area contributed by atoms with Crippen LogP contribution in [0.5, 0.6) is 0 Å². The molecule has 0 spiro atoms. The van der Waals surface area contributed by atoms with Crippen molar-refractivity contribution in [1.82, 2.24) is 16.0 Å². The van der Waals surface area contributed by atoms with E-state index in [2.05, 4.69) is 16.0 Å². The lowest BCUT2D eigenvalue weighted by molar-refractivity contribution is -0.144. The van der Waals surface area contributed by atoms with E-state index in [0.717, 1.165) is 6.42 Å². The highest BCUT2D eigenvalue weighted by molar-refractivity contribution is 5.94. The van der Waals surface area contributed by atoms with E-state index in [1.807, 2.05) is 20.8 Å². The zero-order valence-corrected chi connectivity index (χ0v) is 20.2. The zero-order chi connectivity index (χ0) is 24.5. The molecule has 0 aliphatic carbocycles. The highest BCUT2D eigenvalue weighted by atomic mass is 16.4. The summed E-state index contributed by atoms with van der Waals surface area (Å²) < 4.78 is 0. The van der Waals surface area contributed by atoms with Crippen LogP contribution in [-0.4, -0.2) is 53.0 Å². The van der Waals surface area contributed by atoms with Crippen LogP contribution in [0.15, 0.2) is 0 Å². The third kappa shape index (κ3) is 8.85. The largest absolute Gasteiger partial charge is 0.480 e. The molecule has 3 amide bonds. The van der Waals surface area contributed by atoms with Crippen LogP contribution in [0.4, 0.5) is 0 Å². The third-order valence-electron chi connectivity index (χ3n) is 5.83. The number of carbonyl (C=O) groups excluding carboxylic acids is 3. The van der Waals surface area contributed by atoms with Crippen LogP contribution in [-0.2, 0) is 19.2 Å². The van der Waals surface area contributed by atoms with Crippen molar-refractivity contribution in [3.63, 3.8) is 0 Å². The molecule has 0 aromatic heterocycles. The number of hydrogen-bond donors (Lipinski definition) is 5. The summed E-state index contributed by atoms with van der Waals surface area (Å²) in [5.41, 5.74) is 5.98. The fourth-order valence-corrected chi connectivity index (χ4v) is 3.00. The molecule has 0 aliphatic heterocycles. The molecule has 6 N–H and O–H groups in total. The average molecular weight is 443 g/mol. The molecule has 6 unspecified atom stereocenters. The van der Waals surface area contributed by atoms with Gasteiger partial charge in [-0.3, -0.25) is 14.4 Å².